The highest BCUT2D eigenvalue weighted by Crippen LogP contribution is 1.72. The van der Waals surface area contributed by atoms with Crippen LogP contribution in [0.1, 0.15) is 1.43 Å². The van der Waals surface area contributed by atoms with Crippen LogP contribution < -0.4 is 0 Å². The molecule has 0 aliphatic rings. The summed E-state index contributed by atoms with van der Waals surface area (Å²) in [5.74, 6) is 0. The van der Waals surface area contributed by atoms with Crippen molar-refractivity contribution in [3.05, 3.63) is 30.6 Å². The summed E-state index contributed by atoms with van der Waals surface area (Å²) in [7, 11) is 0. The molecule has 0 amide bonds. The van der Waals surface area contributed by atoms with Crippen LogP contribution in [0.3, 0.4) is 0 Å². The van der Waals surface area contributed by atoms with E-state index >= 15 is 0 Å². The third-order valence-corrected chi connectivity index (χ3v) is 0.514. The van der Waals surface area contributed by atoms with Crippen LogP contribution in [0, 0.1) is 6.07 Å². The van der Waals surface area contributed by atoms with Crippen molar-refractivity contribution in [1.82, 2.24) is 4.98 Å². The van der Waals surface area contributed by atoms with Crippen LogP contribution in [-0.2, 0) is 0 Å². The summed E-state index contributed by atoms with van der Waals surface area (Å²) in [6.45, 7) is 0. The first-order valence-corrected chi connectivity index (χ1v) is 1.76. The van der Waals surface area contributed by atoms with Gasteiger partial charge in [0.25, 0.3) is 0 Å². The topological polar surface area (TPSA) is 12.9 Å². The van der Waals surface area contributed by atoms with Crippen molar-refractivity contribution >= 4 is 0 Å². The van der Waals surface area contributed by atoms with Gasteiger partial charge in [-0.25, -0.2) is 0 Å². The minimum atomic E-state index is 0. The molecule has 1 nitrogen and oxygen atoms in total. The van der Waals surface area contributed by atoms with Gasteiger partial charge in [-0.2, -0.15) is 0 Å². The summed E-state index contributed by atoms with van der Waals surface area (Å²) in [6, 6.07) is 6.36. The molecule has 1 aromatic heterocycles. The van der Waals surface area contributed by atoms with E-state index in [0.29, 0.717) is 0 Å². The van der Waals surface area contributed by atoms with E-state index in [9.17, 15) is 0 Å². The molecule has 0 unspecified atom stereocenters. The van der Waals surface area contributed by atoms with Crippen LogP contribution in [0.15, 0.2) is 24.5 Å². The van der Waals surface area contributed by atoms with E-state index in [0.717, 1.165) is 0 Å². The van der Waals surface area contributed by atoms with E-state index in [1.165, 1.54) is 0 Å². The summed E-state index contributed by atoms with van der Waals surface area (Å²) in [4.78, 5) is 3.75. The number of aromatic nitrogens is 1. The molecule has 6 heavy (non-hydrogen) atoms. The number of rotatable bonds is 0. The van der Waals surface area contributed by atoms with Gasteiger partial charge in [0.1, 0.15) is 0 Å². The standard InChI is InChI=1S/C5H4N/c1-2-4-6-5-3-1/h2-5H/p+1. The number of pyridine rings is 1. The van der Waals surface area contributed by atoms with Crippen LogP contribution in [0.5, 0.6) is 0 Å². The predicted octanol–water partition coefficient (Wildman–Crippen LogP) is 0.994. The maximum Gasteiger partial charge on any atom is 1.00 e. The molecule has 0 spiro atoms. The quantitative estimate of drug-likeness (QED) is 0.452. The highest BCUT2D eigenvalue weighted by Gasteiger charge is 1.59. The molecule has 0 fully saturated rings. The molecule has 0 bridgehead atoms. The largest absolute Gasteiger partial charge is 1.00 e. The second-order valence-corrected chi connectivity index (χ2v) is 0.947. The van der Waals surface area contributed by atoms with E-state index < -0.39 is 0 Å². The zero-order valence-electron chi connectivity index (χ0n) is 4.26. The fourth-order valence-electron chi connectivity index (χ4n) is 0.277. The fourth-order valence-corrected chi connectivity index (χ4v) is 0.277. The molecule has 0 atom stereocenters. The van der Waals surface area contributed by atoms with Gasteiger partial charge in [0.15, 0.2) is 0 Å². The van der Waals surface area contributed by atoms with E-state index in [-0.39, 0.29) is 1.43 Å². The summed E-state index contributed by atoms with van der Waals surface area (Å²) in [5, 5.41) is 0. The monoisotopic (exact) mass is 79.0 g/mol. The second kappa shape index (κ2) is 1.55. The van der Waals surface area contributed by atoms with Crippen molar-refractivity contribution in [3.63, 3.8) is 0 Å². The first-order chi connectivity index (χ1) is 3.00. The summed E-state index contributed by atoms with van der Waals surface area (Å²) in [6.07, 6.45) is 3.39. The van der Waals surface area contributed by atoms with Crippen molar-refractivity contribution in [1.29, 1.82) is 0 Å². The lowest BCUT2D eigenvalue weighted by atomic mass is 10.5. The van der Waals surface area contributed by atoms with Crippen LogP contribution in [-0.4, -0.2) is 4.98 Å². The summed E-state index contributed by atoms with van der Waals surface area (Å²) >= 11 is 0. The normalized spacial score (nSPS) is 8.00. The fraction of sp³-hybridized carbons (Fsp3) is 0. The van der Waals surface area contributed by atoms with Crippen LogP contribution in [0.4, 0.5) is 0 Å². The molecular formula is C5H5N+. The van der Waals surface area contributed by atoms with Gasteiger partial charge in [-0.3, -0.25) is 4.98 Å². The van der Waals surface area contributed by atoms with Gasteiger partial charge in [0.2, 0.25) is 0 Å². The van der Waals surface area contributed by atoms with Gasteiger partial charge in [-0.1, -0.05) is 0 Å². The zero-order valence-corrected chi connectivity index (χ0v) is 3.26. The SMILES string of the molecule is [H+].[c]1ccncc1. The number of hydrogen-bond acceptors (Lipinski definition) is 1. The number of hydrogen-bond donors (Lipinski definition) is 0. The minimum absolute atomic E-state index is 0. The highest BCUT2D eigenvalue weighted by atomic mass is 14.6. The lowest BCUT2D eigenvalue weighted by molar-refractivity contribution is 1.33. The van der Waals surface area contributed by atoms with Crippen LogP contribution in [0.2, 0.25) is 0 Å². The Labute approximate surface area is 38.1 Å². The van der Waals surface area contributed by atoms with Crippen molar-refractivity contribution in [2.45, 2.75) is 0 Å². The van der Waals surface area contributed by atoms with E-state index in [1.54, 1.807) is 24.5 Å². The van der Waals surface area contributed by atoms with Gasteiger partial charge < -0.3 is 0 Å². The average molecular weight is 79.1 g/mol. The molecule has 0 aliphatic carbocycles. The molecule has 0 N–H and O–H groups in total. The Kier molecular flexibility index (Phi) is 0.865. The smallest absolute Gasteiger partial charge is 0.265 e. The van der Waals surface area contributed by atoms with Gasteiger partial charge >= 0.3 is 1.43 Å². The molecule has 29 valence electrons. The van der Waals surface area contributed by atoms with Gasteiger partial charge in [0.05, 0.1) is 0 Å². The Bertz CT molecular complexity index is 80.0. The first kappa shape index (κ1) is 3.34. The van der Waals surface area contributed by atoms with Gasteiger partial charge in [0, 0.05) is 12.4 Å². The van der Waals surface area contributed by atoms with Crippen molar-refractivity contribution in [2.75, 3.05) is 0 Å². The molecule has 0 aromatic carbocycles. The van der Waals surface area contributed by atoms with E-state index in [4.69, 9.17) is 0 Å². The third kappa shape index (κ3) is 0.549. The van der Waals surface area contributed by atoms with Crippen LogP contribution >= 0.6 is 0 Å². The first-order valence-electron chi connectivity index (χ1n) is 1.76. The van der Waals surface area contributed by atoms with E-state index in [2.05, 4.69) is 11.1 Å². The Morgan fingerprint density at radius 1 is 1.33 bits per heavy atom. The molecule has 1 aromatic rings. The Morgan fingerprint density at radius 2 is 2.00 bits per heavy atom. The molecular weight excluding hydrogens is 74.1 g/mol. The number of nitrogens with zero attached hydrogens (tertiary/aromatic N) is 1. The van der Waals surface area contributed by atoms with Gasteiger partial charge in [-0.05, 0) is 18.2 Å². The van der Waals surface area contributed by atoms with Crippen molar-refractivity contribution in [3.8, 4) is 0 Å². The van der Waals surface area contributed by atoms with Crippen molar-refractivity contribution in [2.24, 2.45) is 0 Å². The second-order valence-electron chi connectivity index (χ2n) is 0.947. The molecule has 0 aliphatic heterocycles. The lowest BCUT2D eigenvalue weighted by Gasteiger charge is -1.69. The lowest BCUT2D eigenvalue weighted by Crippen LogP contribution is -1.59. The summed E-state index contributed by atoms with van der Waals surface area (Å²) < 4.78 is 0. The molecule has 0 saturated heterocycles. The summed E-state index contributed by atoms with van der Waals surface area (Å²) in [5.41, 5.74) is 0. The molecule has 1 heterocycles. The Hall–Kier alpha value is -0.850. The molecule has 1 rings (SSSR count). The average Bonchev–Trinajstić information content (AvgIpc) is 1.72. The minimum Gasteiger partial charge on any atom is -0.265 e. The Morgan fingerprint density at radius 3 is 2.17 bits per heavy atom. The zero-order chi connectivity index (χ0) is 4.24. The third-order valence-electron chi connectivity index (χ3n) is 0.514. The maximum absolute atomic E-state index is 3.75. The predicted molar refractivity (Wildman–Crippen MR) is 24.2 cm³/mol. The van der Waals surface area contributed by atoms with Crippen LogP contribution in [0.25, 0.3) is 0 Å². The molecule has 1 heteroatoms. The maximum atomic E-state index is 3.75. The molecule has 0 saturated carbocycles. The van der Waals surface area contributed by atoms with Gasteiger partial charge in [-0.15, -0.1) is 0 Å². The Balaban J connectivity index is 0.000000360. The van der Waals surface area contributed by atoms with Crippen molar-refractivity contribution < 1.29 is 1.43 Å². The van der Waals surface area contributed by atoms with E-state index in [1.807, 2.05) is 0 Å². The highest BCUT2D eigenvalue weighted by molar-refractivity contribution is 4.85. The molecule has 1 radical (unpaired) electrons.